The SMILES string of the molecule is COc1cc(CC(O)C(C)C)ccn1. The average Bonchev–Trinajstić information content (AvgIpc) is 2.18. The Morgan fingerprint density at radius 1 is 1.50 bits per heavy atom. The predicted molar refractivity (Wildman–Crippen MR) is 55.3 cm³/mol. The van der Waals surface area contributed by atoms with Crippen LogP contribution in [0.2, 0.25) is 0 Å². The normalized spacial score (nSPS) is 12.9. The van der Waals surface area contributed by atoms with E-state index in [1.165, 1.54) is 0 Å². The van der Waals surface area contributed by atoms with Crippen molar-refractivity contribution in [3.63, 3.8) is 0 Å². The summed E-state index contributed by atoms with van der Waals surface area (Å²) in [6, 6.07) is 3.75. The van der Waals surface area contributed by atoms with Crippen molar-refractivity contribution in [3.8, 4) is 5.88 Å². The van der Waals surface area contributed by atoms with E-state index < -0.39 is 0 Å². The third-order valence-corrected chi connectivity index (χ3v) is 2.22. The Labute approximate surface area is 84.7 Å². The molecule has 0 saturated heterocycles. The van der Waals surface area contributed by atoms with E-state index in [-0.39, 0.29) is 12.0 Å². The number of pyridine rings is 1. The van der Waals surface area contributed by atoms with Crippen LogP contribution in [0.1, 0.15) is 19.4 Å². The molecule has 1 atom stereocenters. The van der Waals surface area contributed by atoms with E-state index in [4.69, 9.17) is 4.74 Å². The monoisotopic (exact) mass is 195 g/mol. The lowest BCUT2D eigenvalue weighted by atomic mass is 10.0. The minimum absolute atomic E-state index is 0.272. The van der Waals surface area contributed by atoms with Crippen molar-refractivity contribution in [2.24, 2.45) is 5.92 Å². The number of aromatic nitrogens is 1. The van der Waals surface area contributed by atoms with Crippen LogP contribution in [0.15, 0.2) is 18.3 Å². The van der Waals surface area contributed by atoms with Gasteiger partial charge in [-0.05, 0) is 24.0 Å². The number of aliphatic hydroxyl groups is 1. The van der Waals surface area contributed by atoms with Gasteiger partial charge >= 0.3 is 0 Å². The maximum atomic E-state index is 9.68. The van der Waals surface area contributed by atoms with Crippen LogP contribution in [-0.4, -0.2) is 23.3 Å². The molecule has 1 rings (SSSR count). The van der Waals surface area contributed by atoms with Crippen LogP contribution >= 0.6 is 0 Å². The third-order valence-electron chi connectivity index (χ3n) is 2.22. The molecule has 3 heteroatoms. The summed E-state index contributed by atoms with van der Waals surface area (Å²) in [5, 5.41) is 9.68. The first-order valence-electron chi connectivity index (χ1n) is 4.80. The second-order valence-corrected chi connectivity index (χ2v) is 3.72. The van der Waals surface area contributed by atoms with Gasteiger partial charge in [-0.15, -0.1) is 0 Å². The van der Waals surface area contributed by atoms with Crippen molar-refractivity contribution in [3.05, 3.63) is 23.9 Å². The van der Waals surface area contributed by atoms with Gasteiger partial charge in [0, 0.05) is 12.3 Å². The number of rotatable bonds is 4. The molecule has 0 aliphatic carbocycles. The smallest absolute Gasteiger partial charge is 0.213 e. The molecular formula is C11H17NO2. The molecular weight excluding hydrogens is 178 g/mol. The average molecular weight is 195 g/mol. The van der Waals surface area contributed by atoms with Gasteiger partial charge in [-0.25, -0.2) is 4.98 Å². The number of aliphatic hydroxyl groups excluding tert-OH is 1. The van der Waals surface area contributed by atoms with Crippen LogP contribution in [0.25, 0.3) is 0 Å². The van der Waals surface area contributed by atoms with E-state index in [0.717, 1.165) is 5.56 Å². The van der Waals surface area contributed by atoms with Crippen LogP contribution in [0.3, 0.4) is 0 Å². The number of nitrogens with zero attached hydrogens (tertiary/aromatic N) is 1. The van der Waals surface area contributed by atoms with E-state index in [1.54, 1.807) is 13.3 Å². The number of ether oxygens (including phenoxy) is 1. The molecule has 0 radical (unpaired) electrons. The van der Waals surface area contributed by atoms with E-state index in [2.05, 4.69) is 4.98 Å². The fraction of sp³-hybridized carbons (Fsp3) is 0.545. The molecule has 0 bridgehead atoms. The fourth-order valence-electron chi connectivity index (χ4n) is 1.17. The Balaban J connectivity index is 2.66. The quantitative estimate of drug-likeness (QED) is 0.794. The van der Waals surface area contributed by atoms with E-state index in [9.17, 15) is 5.11 Å². The summed E-state index contributed by atoms with van der Waals surface area (Å²) >= 11 is 0. The van der Waals surface area contributed by atoms with Crippen molar-refractivity contribution in [2.75, 3.05) is 7.11 Å². The van der Waals surface area contributed by atoms with Crippen LogP contribution in [0, 0.1) is 5.92 Å². The van der Waals surface area contributed by atoms with Gasteiger partial charge in [-0.2, -0.15) is 0 Å². The Morgan fingerprint density at radius 2 is 2.21 bits per heavy atom. The van der Waals surface area contributed by atoms with Crippen LogP contribution in [0.4, 0.5) is 0 Å². The summed E-state index contributed by atoms with van der Waals surface area (Å²) in [6.45, 7) is 4.01. The van der Waals surface area contributed by atoms with Gasteiger partial charge in [-0.1, -0.05) is 13.8 Å². The molecule has 1 heterocycles. The lowest BCUT2D eigenvalue weighted by Crippen LogP contribution is -2.17. The van der Waals surface area contributed by atoms with E-state index in [0.29, 0.717) is 12.3 Å². The Morgan fingerprint density at radius 3 is 2.79 bits per heavy atom. The highest BCUT2D eigenvalue weighted by atomic mass is 16.5. The van der Waals surface area contributed by atoms with E-state index in [1.807, 2.05) is 26.0 Å². The first-order chi connectivity index (χ1) is 6.63. The van der Waals surface area contributed by atoms with Crippen molar-refractivity contribution < 1.29 is 9.84 Å². The number of methoxy groups -OCH3 is 1. The van der Waals surface area contributed by atoms with Crippen molar-refractivity contribution in [1.29, 1.82) is 0 Å². The van der Waals surface area contributed by atoms with Gasteiger partial charge in [0.2, 0.25) is 5.88 Å². The summed E-state index contributed by atoms with van der Waals surface area (Å²) in [7, 11) is 1.59. The molecule has 0 fully saturated rings. The molecule has 3 nitrogen and oxygen atoms in total. The van der Waals surface area contributed by atoms with Gasteiger partial charge in [0.1, 0.15) is 0 Å². The van der Waals surface area contributed by atoms with Crippen LogP contribution in [0.5, 0.6) is 5.88 Å². The molecule has 1 aromatic heterocycles. The highest BCUT2D eigenvalue weighted by Gasteiger charge is 2.10. The lowest BCUT2D eigenvalue weighted by Gasteiger charge is -2.14. The third kappa shape index (κ3) is 3.00. The molecule has 0 amide bonds. The second-order valence-electron chi connectivity index (χ2n) is 3.72. The molecule has 1 aromatic rings. The van der Waals surface area contributed by atoms with Gasteiger partial charge in [0.25, 0.3) is 0 Å². The highest BCUT2D eigenvalue weighted by molar-refractivity contribution is 5.21. The number of hydrogen-bond donors (Lipinski definition) is 1. The van der Waals surface area contributed by atoms with Gasteiger partial charge in [0.05, 0.1) is 13.2 Å². The largest absolute Gasteiger partial charge is 0.481 e. The summed E-state index contributed by atoms with van der Waals surface area (Å²) in [4.78, 5) is 4.01. The topological polar surface area (TPSA) is 42.4 Å². The molecule has 0 spiro atoms. The Hall–Kier alpha value is -1.09. The fourth-order valence-corrected chi connectivity index (χ4v) is 1.17. The molecule has 1 N–H and O–H groups in total. The number of hydrogen-bond acceptors (Lipinski definition) is 3. The van der Waals surface area contributed by atoms with Gasteiger partial charge in [0.15, 0.2) is 0 Å². The molecule has 1 unspecified atom stereocenters. The summed E-state index contributed by atoms with van der Waals surface area (Å²) in [5.41, 5.74) is 1.05. The Kier molecular flexibility index (Phi) is 3.89. The highest BCUT2D eigenvalue weighted by Crippen LogP contribution is 2.13. The molecule has 0 aliphatic rings. The van der Waals surface area contributed by atoms with Gasteiger partial charge < -0.3 is 9.84 Å². The van der Waals surface area contributed by atoms with Crippen molar-refractivity contribution >= 4 is 0 Å². The molecule has 0 aliphatic heterocycles. The second kappa shape index (κ2) is 4.96. The van der Waals surface area contributed by atoms with Crippen LogP contribution < -0.4 is 4.74 Å². The standard InChI is InChI=1S/C11H17NO2/c1-8(2)10(13)6-9-4-5-12-11(7-9)14-3/h4-5,7-8,10,13H,6H2,1-3H3. The van der Waals surface area contributed by atoms with Crippen molar-refractivity contribution in [2.45, 2.75) is 26.4 Å². The maximum absolute atomic E-state index is 9.68. The first kappa shape index (κ1) is 11.0. The van der Waals surface area contributed by atoms with Crippen molar-refractivity contribution in [1.82, 2.24) is 4.98 Å². The predicted octanol–water partition coefficient (Wildman–Crippen LogP) is 1.65. The van der Waals surface area contributed by atoms with Gasteiger partial charge in [-0.3, -0.25) is 0 Å². The Bertz CT molecular complexity index is 286. The zero-order valence-corrected chi connectivity index (χ0v) is 8.90. The minimum atomic E-state index is -0.304. The summed E-state index contributed by atoms with van der Waals surface area (Å²) < 4.78 is 5.00. The first-order valence-corrected chi connectivity index (χ1v) is 4.80. The summed E-state index contributed by atoms with van der Waals surface area (Å²) in [6.07, 6.45) is 2.04. The lowest BCUT2D eigenvalue weighted by molar-refractivity contribution is 0.125. The van der Waals surface area contributed by atoms with E-state index >= 15 is 0 Å². The molecule has 0 saturated carbocycles. The molecule has 78 valence electrons. The zero-order chi connectivity index (χ0) is 10.6. The minimum Gasteiger partial charge on any atom is -0.481 e. The molecule has 14 heavy (non-hydrogen) atoms. The molecule has 0 aromatic carbocycles. The maximum Gasteiger partial charge on any atom is 0.213 e. The van der Waals surface area contributed by atoms with Crippen LogP contribution in [-0.2, 0) is 6.42 Å². The zero-order valence-electron chi connectivity index (χ0n) is 8.90. The summed E-state index contributed by atoms with van der Waals surface area (Å²) in [5.74, 6) is 0.868.